The lowest BCUT2D eigenvalue weighted by molar-refractivity contribution is -0.385. The van der Waals surface area contributed by atoms with Crippen molar-refractivity contribution in [3.63, 3.8) is 0 Å². The Morgan fingerprint density at radius 2 is 2.08 bits per heavy atom. The van der Waals surface area contributed by atoms with Crippen LogP contribution in [-0.4, -0.2) is 21.9 Å². The molecule has 2 aromatic rings. The molecule has 1 heterocycles. The third-order valence-corrected chi connectivity index (χ3v) is 3.28. The summed E-state index contributed by atoms with van der Waals surface area (Å²) in [5.41, 5.74) is 0.905. The van der Waals surface area contributed by atoms with Gasteiger partial charge in [0.1, 0.15) is 6.54 Å². The minimum absolute atomic E-state index is 0.241. The predicted molar refractivity (Wildman–Crippen MR) is 89.8 cm³/mol. The van der Waals surface area contributed by atoms with Crippen LogP contribution in [-0.2, 0) is 17.9 Å². The number of pyridine rings is 1. The molecule has 0 saturated heterocycles. The van der Waals surface area contributed by atoms with Crippen molar-refractivity contribution in [1.82, 2.24) is 9.88 Å². The van der Waals surface area contributed by atoms with Crippen LogP contribution in [0.3, 0.4) is 0 Å². The second-order valence-electron chi connectivity index (χ2n) is 5.14. The summed E-state index contributed by atoms with van der Waals surface area (Å²) in [5.74, 6) is -0.432. The van der Waals surface area contributed by atoms with Gasteiger partial charge in [-0.05, 0) is 24.2 Å². The summed E-state index contributed by atoms with van der Waals surface area (Å²) in [6.07, 6.45) is 1.06. The number of hydrogen-bond donors (Lipinski definition) is 2. The molecule has 8 heteroatoms. The molecule has 0 aliphatic rings. The molecule has 0 aliphatic heterocycles. The van der Waals surface area contributed by atoms with Gasteiger partial charge in [0.25, 0.3) is 11.2 Å². The maximum Gasteiger partial charge on any atom is 0.285 e. The van der Waals surface area contributed by atoms with E-state index in [1.807, 2.05) is 25.1 Å². The van der Waals surface area contributed by atoms with Gasteiger partial charge in [0.15, 0.2) is 0 Å². The Morgan fingerprint density at radius 3 is 2.79 bits per heavy atom. The van der Waals surface area contributed by atoms with Gasteiger partial charge in [0.05, 0.1) is 11.1 Å². The Hall–Kier alpha value is -3.00. The number of carbonyl (C=O) groups is 1. The molecule has 0 aliphatic carbocycles. The summed E-state index contributed by atoms with van der Waals surface area (Å²) in [5, 5.41) is 16.6. The number of anilines is 1. The summed E-state index contributed by atoms with van der Waals surface area (Å²) in [7, 11) is 0. The molecule has 0 saturated carbocycles. The monoisotopic (exact) mass is 330 g/mol. The zero-order valence-electron chi connectivity index (χ0n) is 13.2. The first kappa shape index (κ1) is 17.4. The molecule has 2 rings (SSSR count). The van der Waals surface area contributed by atoms with E-state index >= 15 is 0 Å². The Labute approximate surface area is 138 Å². The molecule has 0 radical (unpaired) electrons. The molecule has 0 fully saturated rings. The van der Waals surface area contributed by atoms with Crippen molar-refractivity contribution in [2.24, 2.45) is 0 Å². The molecule has 1 amide bonds. The summed E-state index contributed by atoms with van der Waals surface area (Å²) >= 11 is 0. The average Bonchev–Trinajstić information content (AvgIpc) is 2.55. The molecular weight excluding hydrogens is 312 g/mol. The molecule has 8 nitrogen and oxygen atoms in total. The smallest absolute Gasteiger partial charge is 0.285 e. The molecule has 24 heavy (non-hydrogen) atoms. The Kier molecular flexibility index (Phi) is 5.80. The molecule has 0 spiro atoms. The summed E-state index contributed by atoms with van der Waals surface area (Å²) < 4.78 is 1.01. The van der Waals surface area contributed by atoms with Crippen LogP contribution in [0.25, 0.3) is 0 Å². The maximum atomic E-state index is 12.1. The number of aromatic nitrogens is 1. The number of nitrogens with zero attached hydrogens (tertiary/aromatic N) is 2. The zero-order chi connectivity index (χ0) is 17.5. The highest BCUT2D eigenvalue weighted by molar-refractivity contribution is 5.90. The van der Waals surface area contributed by atoms with Gasteiger partial charge in [0, 0.05) is 24.4 Å². The Balaban J connectivity index is 2.07. The standard InChI is InChI=1S/C16H18N4O4/c1-2-17-9-12-4-3-5-13(8-12)18-15(21)11-19-10-14(20(23)24)6-7-16(19)22/h3-8,10,17H,2,9,11H2,1H3,(H,18,21). The van der Waals surface area contributed by atoms with Gasteiger partial charge in [-0.1, -0.05) is 19.1 Å². The number of carbonyl (C=O) groups excluding carboxylic acids is 1. The SMILES string of the molecule is CCNCc1cccc(NC(=O)Cn2cc([N+](=O)[O-])ccc2=O)c1. The van der Waals surface area contributed by atoms with Crippen molar-refractivity contribution in [3.8, 4) is 0 Å². The minimum atomic E-state index is -0.613. The fourth-order valence-electron chi connectivity index (χ4n) is 2.13. The highest BCUT2D eigenvalue weighted by Gasteiger charge is 2.11. The van der Waals surface area contributed by atoms with E-state index in [9.17, 15) is 19.7 Å². The third kappa shape index (κ3) is 4.75. The number of amides is 1. The number of hydrogen-bond acceptors (Lipinski definition) is 5. The molecule has 126 valence electrons. The lowest BCUT2D eigenvalue weighted by atomic mass is 10.2. The molecule has 2 N–H and O–H groups in total. The van der Waals surface area contributed by atoms with E-state index in [1.54, 1.807) is 6.07 Å². The van der Waals surface area contributed by atoms with E-state index in [1.165, 1.54) is 0 Å². The lowest BCUT2D eigenvalue weighted by Crippen LogP contribution is -2.27. The molecule has 0 bridgehead atoms. The first-order valence-electron chi connectivity index (χ1n) is 7.44. The van der Waals surface area contributed by atoms with Crippen LogP contribution in [0.1, 0.15) is 12.5 Å². The van der Waals surface area contributed by atoms with Crippen molar-refractivity contribution in [1.29, 1.82) is 0 Å². The van der Waals surface area contributed by atoms with Crippen LogP contribution >= 0.6 is 0 Å². The number of rotatable bonds is 7. The number of nitrogens with one attached hydrogen (secondary N) is 2. The number of nitro groups is 1. The Morgan fingerprint density at radius 1 is 1.29 bits per heavy atom. The first-order chi connectivity index (χ1) is 11.5. The minimum Gasteiger partial charge on any atom is -0.325 e. The van der Waals surface area contributed by atoms with Gasteiger partial charge in [0.2, 0.25) is 5.91 Å². The largest absolute Gasteiger partial charge is 0.325 e. The zero-order valence-corrected chi connectivity index (χ0v) is 13.2. The van der Waals surface area contributed by atoms with Crippen LogP contribution in [0.4, 0.5) is 11.4 Å². The van der Waals surface area contributed by atoms with Crippen molar-refractivity contribution in [2.45, 2.75) is 20.0 Å². The summed E-state index contributed by atoms with van der Waals surface area (Å²) in [6, 6.07) is 9.51. The van der Waals surface area contributed by atoms with Crippen LogP contribution < -0.4 is 16.2 Å². The van der Waals surface area contributed by atoms with Gasteiger partial charge >= 0.3 is 0 Å². The van der Waals surface area contributed by atoms with Crippen molar-refractivity contribution >= 4 is 17.3 Å². The summed E-state index contributed by atoms with van der Waals surface area (Å²) in [4.78, 5) is 33.9. The number of benzene rings is 1. The fourth-order valence-corrected chi connectivity index (χ4v) is 2.13. The van der Waals surface area contributed by atoms with Crippen LogP contribution in [0.5, 0.6) is 0 Å². The van der Waals surface area contributed by atoms with Gasteiger partial charge in [-0.2, -0.15) is 0 Å². The highest BCUT2D eigenvalue weighted by Crippen LogP contribution is 2.11. The molecule has 0 atom stereocenters. The van der Waals surface area contributed by atoms with Crippen molar-refractivity contribution in [3.05, 3.63) is 68.6 Å². The van der Waals surface area contributed by atoms with E-state index in [2.05, 4.69) is 10.6 Å². The Bertz CT molecular complexity index is 801. The van der Waals surface area contributed by atoms with Crippen molar-refractivity contribution < 1.29 is 9.72 Å². The molecule has 1 aromatic carbocycles. The van der Waals surface area contributed by atoms with Crippen LogP contribution in [0.2, 0.25) is 0 Å². The molecular formula is C16H18N4O4. The van der Waals surface area contributed by atoms with E-state index in [4.69, 9.17) is 0 Å². The van der Waals surface area contributed by atoms with Crippen molar-refractivity contribution in [2.75, 3.05) is 11.9 Å². The molecule has 0 unspecified atom stereocenters. The average molecular weight is 330 g/mol. The summed E-state index contributed by atoms with van der Waals surface area (Å²) in [6.45, 7) is 3.23. The molecule has 1 aromatic heterocycles. The second kappa shape index (κ2) is 8.02. The van der Waals surface area contributed by atoms with Gasteiger partial charge in [-0.25, -0.2) is 0 Å². The lowest BCUT2D eigenvalue weighted by Gasteiger charge is -2.09. The highest BCUT2D eigenvalue weighted by atomic mass is 16.6. The van der Waals surface area contributed by atoms with Crippen LogP contribution in [0.15, 0.2) is 47.4 Å². The predicted octanol–water partition coefficient (Wildman–Crippen LogP) is 1.50. The van der Waals surface area contributed by atoms with Gasteiger partial charge in [-0.15, -0.1) is 0 Å². The normalized spacial score (nSPS) is 10.4. The maximum absolute atomic E-state index is 12.1. The van der Waals surface area contributed by atoms with E-state index in [0.717, 1.165) is 35.0 Å². The van der Waals surface area contributed by atoms with E-state index in [0.29, 0.717) is 12.2 Å². The van der Waals surface area contributed by atoms with E-state index < -0.39 is 16.4 Å². The topological polar surface area (TPSA) is 106 Å². The second-order valence-corrected chi connectivity index (χ2v) is 5.14. The fraction of sp³-hybridized carbons (Fsp3) is 0.250. The van der Waals surface area contributed by atoms with E-state index in [-0.39, 0.29) is 12.2 Å². The third-order valence-electron chi connectivity index (χ3n) is 3.28. The van der Waals surface area contributed by atoms with Crippen LogP contribution in [0, 0.1) is 10.1 Å². The van der Waals surface area contributed by atoms with Gasteiger partial charge < -0.3 is 10.6 Å². The quantitative estimate of drug-likeness (QED) is 0.591. The van der Waals surface area contributed by atoms with Gasteiger partial charge in [-0.3, -0.25) is 24.3 Å². The first-order valence-corrected chi connectivity index (χ1v) is 7.44.